The van der Waals surface area contributed by atoms with E-state index in [1.807, 2.05) is 41.3 Å². The van der Waals surface area contributed by atoms with Gasteiger partial charge in [0.2, 0.25) is 0 Å². The van der Waals surface area contributed by atoms with E-state index in [1.54, 1.807) is 0 Å². The molecule has 0 aromatic heterocycles. The van der Waals surface area contributed by atoms with E-state index < -0.39 is 0 Å². The van der Waals surface area contributed by atoms with Gasteiger partial charge in [0.15, 0.2) is 0 Å². The number of nitrogens with one attached hydrogen (secondary N) is 1. The van der Waals surface area contributed by atoms with Crippen molar-refractivity contribution in [2.24, 2.45) is 0 Å². The first-order chi connectivity index (χ1) is 9.70. The largest absolute Gasteiger partial charge is 0.374 e. The lowest BCUT2D eigenvalue weighted by Crippen LogP contribution is -2.36. The van der Waals surface area contributed by atoms with Gasteiger partial charge in [-0.2, -0.15) is 0 Å². The van der Waals surface area contributed by atoms with Gasteiger partial charge < -0.3 is 5.32 Å². The van der Waals surface area contributed by atoms with Gasteiger partial charge in [-0.3, -0.25) is 9.69 Å². The number of aryl methyl sites for hydroxylation is 1. The third-order valence-corrected chi connectivity index (χ3v) is 3.99. The van der Waals surface area contributed by atoms with Gasteiger partial charge in [-0.05, 0) is 36.2 Å². The van der Waals surface area contributed by atoms with Crippen LogP contribution in [0.4, 0.5) is 17.1 Å². The standard InChI is InChI=1S/C16H15BrN2O/c1-2-11-5-3-4-6-14(11)19-15-9-12(17)7-8-13(15)18-10-16(19)20/h3-9,18H,2,10H2,1H3. The smallest absolute Gasteiger partial charge is 0.250 e. The van der Waals surface area contributed by atoms with Crippen LogP contribution in [-0.4, -0.2) is 12.5 Å². The lowest BCUT2D eigenvalue weighted by atomic mass is 10.1. The molecule has 1 heterocycles. The van der Waals surface area contributed by atoms with Crippen molar-refractivity contribution in [2.45, 2.75) is 13.3 Å². The Hall–Kier alpha value is -1.81. The summed E-state index contributed by atoms with van der Waals surface area (Å²) in [5.74, 6) is 0.0662. The molecule has 0 radical (unpaired) electrons. The van der Waals surface area contributed by atoms with Crippen LogP contribution in [-0.2, 0) is 11.2 Å². The van der Waals surface area contributed by atoms with Crippen molar-refractivity contribution in [3.05, 3.63) is 52.5 Å². The van der Waals surface area contributed by atoms with Crippen molar-refractivity contribution < 1.29 is 4.79 Å². The maximum atomic E-state index is 12.4. The molecule has 20 heavy (non-hydrogen) atoms. The van der Waals surface area contributed by atoms with Gasteiger partial charge in [0.05, 0.1) is 23.6 Å². The van der Waals surface area contributed by atoms with Crippen LogP contribution in [0, 0.1) is 0 Å². The van der Waals surface area contributed by atoms with E-state index in [4.69, 9.17) is 0 Å². The van der Waals surface area contributed by atoms with Gasteiger partial charge >= 0.3 is 0 Å². The Labute approximate surface area is 126 Å². The van der Waals surface area contributed by atoms with Gasteiger partial charge in [-0.1, -0.05) is 41.1 Å². The molecule has 0 atom stereocenters. The number of rotatable bonds is 2. The Bertz CT molecular complexity index is 669. The molecule has 4 heteroatoms. The molecule has 0 bridgehead atoms. The summed E-state index contributed by atoms with van der Waals surface area (Å²) in [4.78, 5) is 14.2. The zero-order chi connectivity index (χ0) is 14.1. The van der Waals surface area contributed by atoms with Crippen LogP contribution in [0.25, 0.3) is 0 Å². The van der Waals surface area contributed by atoms with E-state index in [-0.39, 0.29) is 5.91 Å². The van der Waals surface area contributed by atoms with Crippen molar-refractivity contribution in [1.82, 2.24) is 0 Å². The zero-order valence-corrected chi connectivity index (χ0v) is 12.8. The molecule has 2 aromatic rings. The summed E-state index contributed by atoms with van der Waals surface area (Å²) in [5.41, 5.74) is 4.03. The molecule has 1 aliphatic heterocycles. The summed E-state index contributed by atoms with van der Waals surface area (Å²) in [5, 5.41) is 3.16. The number of carbonyl (C=O) groups is 1. The predicted molar refractivity (Wildman–Crippen MR) is 85.6 cm³/mol. The number of nitrogens with zero attached hydrogens (tertiary/aromatic N) is 1. The van der Waals surface area contributed by atoms with Crippen LogP contribution in [0.3, 0.4) is 0 Å². The quantitative estimate of drug-likeness (QED) is 0.898. The lowest BCUT2D eigenvalue weighted by Gasteiger charge is -2.31. The number of hydrogen-bond acceptors (Lipinski definition) is 2. The summed E-state index contributed by atoms with van der Waals surface area (Å²) < 4.78 is 0.965. The second kappa shape index (κ2) is 5.29. The molecule has 102 valence electrons. The molecule has 0 saturated carbocycles. The molecule has 0 unspecified atom stereocenters. The SMILES string of the molecule is CCc1ccccc1N1C(=O)CNc2ccc(Br)cc21. The minimum absolute atomic E-state index is 0.0662. The summed E-state index contributed by atoms with van der Waals surface area (Å²) in [7, 11) is 0. The fourth-order valence-corrected chi connectivity index (χ4v) is 2.86. The number of carbonyl (C=O) groups excluding carboxylic acids is 1. The summed E-state index contributed by atoms with van der Waals surface area (Å²) in [6, 6.07) is 14.0. The Balaban J connectivity index is 2.18. The first kappa shape index (κ1) is 13.2. The lowest BCUT2D eigenvalue weighted by molar-refractivity contribution is -0.116. The van der Waals surface area contributed by atoms with Crippen molar-refractivity contribution in [1.29, 1.82) is 0 Å². The van der Waals surface area contributed by atoms with Crippen LogP contribution in [0.5, 0.6) is 0 Å². The van der Waals surface area contributed by atoms with Gasteiger partial charge in [-0.15, -0.1) is 0 Å². The van der Waals surface area contributed by atoms with Gasteiger partial charge in [0, 0.05) is 4.47 Å². The van der Waals surface area contributed by atoms with Crippen molar-refractivity contribution >= 4 is 38.9 Å². The van der Waals surface area contributed by atoms with Crippen molar-refractivity contribution in [3.63, 3.8) is 0 Å². The molecule has 1 aliphatic rings. The molecular weight excluding hydrogens is 316 g/mol. The molecule has 2 aromatic carbocycles. The average Bonchev–Trinajstić information content (AvgIpc) is 2.47. The third-order valence-electron chi connectivity index (χ3n) is 3.49. The maximum Gasteiger partial charge on any atom is 0.250 e. The Kier molecular flexibility index (Phi) is 3.49. The minimum Gasteiger partial charge on any atom is -0.374 e. The number of anilines is 3. The first-order valence-corrected chi connectivity index (χ1v) is 7.44. The molecular formula is C16H15BrN2O. The van der Waals surface area contributed by atoms with Crippen LogP contribution in [0.15, 0.2) is 46.9 Å². The molecule has 1 amide bonds. The van der Waals surface area contributed by atoms with E-state index in [1.165, 1.54) is 5.56 Å². The number of para-hydroxylation sites is 1. The fraction of sp³-hybridized carbons (Fsp3) is 0.188. The monoisotopic (exact) mass is 330 g/mol. The van der Waals surface area contributed by atoms with E-state index >= 15 is 0 Å². The van der Waals surface area contributed by atoms with Gasteiger partial charge in [-0.25, -0.2) is 0 Å². The Morgan fingerprint density at radius 2 is 2.00 bits per heavy atom. The van der Waals surface area contributed by atoms with Crippen LogP contribution in [0.2, 0.25) is 0 Å². The third kappa shape index (κ3) is 2.20. The highest BCUT2D eigenvalue weighted by atomic mass is 79.9. The maximum absolute atomic E-state index is 12.4. The summed E-state index contributed by atoms with van der Waals surface area (Å²) in [6.45, 7) is 2.43. The van der Waals surface area contributed by atoms with Crippen LogP contribution < -0.4 is 10.2 Å². The van der Waals surface area contributed by atoms with E-state index in [0.717, 1.165) is 28.0 Å². The zero-order valence-electron chi connectivity index (χ0n) is 11.2. The van der Waals surface area contributed by atoms with Crippen molar-refractivity contribution in [2.75, 3.05) is 16.8 Å². The highest BCUT2D eigenvalue weighted by Gasteiger charge is 2.26. The topological polar surface area (TPSA) is 32.3 Å². The normalized spacial score (nSPS) is 13.9. The highest BCUT2D eigenvalue weighted by Crippen LogP contribution is 2.38. The molecule has 0 fully saturated rings. The fourth-order valence-electron chi connectivity index (χ4n) is 2.52. The first-order valence-electron chi connectivity index (χ1n) is 6.65. The second-order valence-electron chi connectivity index (χ2n) is 4.73. The molecule has 0 aliphatic carbocycles. The molecule has 0 saturated heterocycles. The number of halogens is 1. The predicted octanol–water partition coefficient (Wildman–Crippen LogP) is 4.10. The number of hydrogen-bond donors (Lipinski definition) is 1. The summed E-state index contributed by atoms with van der Waals surface area (Å²) >= 11 is 3.48. The molecule has 1 N–H and O–H groups in total. The Morgan fingerprint density at radius 1 is 1.20 bits per heavy atom. The van der Waals surface area contributed by atoms with Gasteiger partial charge in [0.25, 0.3) is 5.91 Å². The number of fused-ring (bicyclic) bond motifs is 1. The molecule has 3 rings (SSSR count). The van der Waals surface area contributed by atoms with E-state index in [2.05, 4.69) is 34.2 Å². The highest BCUT2D eigenvalue weighted by molar-refractivity contribution is 9.10. The van der Waals surface area contributed by atoms with Crippen molar-refractivity contribution in [3.8, 4) is 0 Å². The number of benzene rings is 2. The van der Waals surface area contributed by atoms with Crippen LogP contribution in [0.1, 0.15) is 12.5 Å². The van der Waals surface area contributed by atoms with E-state index in [9.17, 15) is 4.79 Å². The van der Waals surface area contributed by atoms with Gasteiger partial charge in [0.1, 0.15) is 0 Å². The Morgan fingerprint density at radius 3 is 2.80 bits per heavy atom. The second-order valence-corrected chi connectivity index (χ2v) is 5.64. The number of amides is 1. The molecule has 3 nitrogen and oxygen atoms in total. The van der Waals surface area contributed by atoms with Crippen LogP contribution >= 0.6 is 15.9 Å². The summed E-state index contributed by atoms with van der Waals surface area (Å²) in [6.07, 6.45) is 0.900. The minimum atomic E-state index is 0.0662. The average molecular weight is 331 g/mol. The molecule has 0 spiro atoms. The van der Waals surface area contributed by atoms with E-state index in [0.29, 0.717) is 6.54 Å².